The van der Waals surface area contributed by atoms with Crippen molar-refractivity contribution < 1.29 is 28.2 Å². The Balaban J connectivity index is 1.43. The third-order valence-corrected chi connectivity index (χ3v) is 7.11. The zero-order chi connectivity index (χ0) is 27.2. The van der Waals surface area contributed by atoms with Gasteiger partial charge >= 0.3 is 12.1 Å². The summed E-state index contributed by atoms with van der Waals surface area (Å²) >= 11 is 0. The number of rotatable bonds is 6. The number of imidazole rings is 1. The first-order valence-electron chi connectivity index (χ1n) is 11.9. The molecule has 5 rings (SSSR count). The minimum atomic E-state index is -4.53. The SMILES string of the molecule is C[C@]1(C(=O)O)CC[C@@H](c2nc(-c3ccc(C(O)Nc4cc(C(F)(F)F)ccn4)cc3)c3c(N)nccn23)C1. The van der Waals surface area contributed by atoms with Crippen LogP contribution in [0.2, 0.25) is 0 Å². The second-order valence-corrected chi connectivity index (χ2v) is 9.75. The predicted octanol–water partition coefficient (Wildman–Crippen LogP) is 4.85. The molecule has 0 aliphatic heterocycles. The van der Waals surface area contributed by atoms with Gasteiger partial charge in [0.2, 0.25) is 0 Å². The molecule has 1 saturated carbocycles. The average molecular weight is 527 g/mol. The molecule has 0 bridgehead atoms. The van der Waals surface area contributed by atoms with Gasteiger partial charge in [-0.05, 0) is 38.3 Å². The maximum absolute atomic E-state index is 13.0. The van der Waals surface area contributed by atoms with Gasteiger partial charge in [0.15, 0.2) is 6.23 Å². The van der Waals surface area contributed by atoms with Crippen molar-refractivity contribution in [1.82, 2.24) is 19.4 Å². The minimum Gasteiger partial charge on any atom is -0.481 e. The van der Waals surface area contributed by atoms with Crippen molar-refractivity contribution in [1.29, 1.82) is 0 Å². The van der Waals surface area contributed by atoms with Crippen LogP contribution in [0, 0.1) is 5.41 Å². The lowest BCUT2D eigenvalue weighted by Crippen LogP contribution is -2.24. The van der Waals surface area contributed by atoms with E-state index in [-0.39, 0.29) is 17.6 Å². The monoisotopic (exact) mass is 526 g/mol. The van der Waals surface area contributed by atoms with Crippen molar-refractivity contribution in [2.24, 2.45) is 5.41 Å². The van der Waals surface area contributed by atoms with Crippen LogP contribution in [0.1, 0.15) is 55.3 Å². The zero-order valence-electron chi connectivity index (χ0n) is 20.3. The van der Waals surface area contributed by atoms with Gasteiger partial charge < -0.3 is 21.3 Å². The number of carboxylic acids is 1. The highest BCUT2D eigenvalue weighted by atomic mass is 19.4. The Kier molecular flexibility index (Phi) is 6.22. The largest absolute Gasteiger partial charge is 0.481 e. The maximum atomic E-state index is 13.0. The fourth-order valence-corrected chi connectivity index (χ4v) is 4.96. The Hall–Kier alpha value is -4.19. The Labute approximate surface area is 215 Å². The third kappa shape index (κ3) is 4.62. The Morgan fingerprint density at radius 3 is 2.61 bits per heavy atom. The van der Waals surface area contributed by atoms with Gasteiger partial charge in [0, 0.05) is 35.6 Å². The number of hydrogen-bond acceptors (Lipinski definition) is 7. The van der Waals surface area contributed by atoms with Gasteiger partial charge in [0.1, 0.15) is 28.7 Å². The Morgan fingerprint density at radius 2 is 1.95 bits per heavy atom. The molecular weight excluding hydrogens is 501 g/mol. The number of carboxylic acid groups (broad SMARTS) is 1. The lowest BCUT2D eigenvalue weighted by Gasteiger charge is -2.17. The van der Waals surface area contributed by atoms with E-state index in [9.17, 15) is 28.2 Å². The van der Waals surface area contributed by atoms with E-state index in [4.69, 9.17) is 10.7 Å². The summed E-state index contributed by atoms with van der Waals surface area (Å²) in [6, 6.07) is 8.35. The summed E-state index contributed by atoms with van der Waals surface area (Å²) in [6.45, 7) is 1.74. The van der Waals surface area contributed by atoms with Crippen molar-refractivity contribution in [2.75, 3.05) is 11.1 Å². The molecule has 5 N–H and O–H groups in total. The van der Waals surface area contributed by atoms with Gasteiger partial charge in [-0.25, -0.2) is 15.0 Å². The smallest absolute Gasteiger partial charge is 0.416 e. The van der Waals surface area contributed by atoms with Gasteiger partial charge in [-0.2, -0.15) is 13.2 Å². The number of anilines is 2. The molecule has 1 aliphatic carbocycles. The number of nitrogens with one attached hydrogen (secondary N) is 1. The van der Waals surface area contributed by atoms with Crippen molar-refractivity contribution in [2.45, 2.75) is 44.5 Å². The molecule has 1 unspecified atom stereocenters. The molecule has 38 heavy (non-hydrogen) atoms. The highest BCUT2D eigenvalue weighted by Crippen LogP contribution is 2.47. The first-order valence-corrected chi connectivity index (χ1v) is 11.9. The first kappa shape index (κ1) is 25.5. The number of fused-ring (bicyclic) bond motifs is 1. The van der Waals surface area contributed by atoms with Gasteiger partial charge in [-0.1, -0.05) is 24.3 Å². The number of nitrogen functional groups attached to an aromatic ring is 1. The number of aromatic nitrogens is 4. The van der Waals surface area contributed by atoms with Crippen molar-refractivity contribution in [3.63, 3.8) is 0 Å². The number of aliphatic hydroxyl groups is 1. The quantitative estimate of drug-likeness (QED) is 0.262. The van der Waals surface area contributed by atoms with Gasteiger partial charge in [-0.15, -0.1) is 0 Å². The Morgan fingerprint density at radius 1 is 1.21 bits per heavy atom. The fourth-order valence-electron chi connectivity index (χ4n) is 4.96. The number of aliphatic carboxylic acids is 1. The number of halogens is 3. The van der Waals surface area contributed by atoms with Crippen LogP contribution >= 0.6 is 0 Å². The molecule has 1 aliphatic rings. The zero-order valence-corrected chi connectivity index (χ0v) is 20.3. The van der Waals surface area contributed by atoms with Crippen molar-refractivity contribution in [3.8, 4) is 11.3 Å². The lowest BCUT2D eigenvalue weighted by molar-refractivity contribution is -0.147. The molecule has 0 amide bonds. The first-order chi connectivity index (χ1) is 18.0. The number of benzene rings is 1. The Bertz CT molecular complexity index is 1500. The number of alkyl halides is 3. The second kappa shape index (κ2) is 9.28. The number of nitrogens with two attached hydrogens (primary N) is 1. The van der Waals surface area contributed by atoms with E-state index in [2.05, 4.69) is 15.3 Å². The molecule has 198 valence electrons. The molecule has 1 fully saturated rings. The molecule has 1 aromatic carbocycles. The number of pyridine rings is 1. The van der Waals surface area contributed by atoms with E-state index in [1.54, 1.807) is 43.6 Å². The van der Waals surface area contributed by atoms with Crippen LogP contribution in [0.4, 0.5) is 24.8 Å². The highest BCUT2D eigenvalue weighted by molar-refractivity contribution is 5.85. The molecule has 4 aromatic rings. The van der Waals surface area contributed by atoms with Crippen LogP contribution in [0.25, 0.3) is 16.8 Å². The topological polar surface area (TPSA) is 139 Å². The summed E-state index contributed by atoms with van der Waals surface area (Å²) in [5.41, 5.74) is 6.74. The van der Waals surface area contributed by atoms with Gasteiger partial charge in [0.05, 0.1) is 11.0 Å². The van der Waals surface area contributed by atoms with Crippen molar-refractivity contribution in [3.05, 3.63) is 71.9 Å². The summed E-state index contributed by atoms with van der Waals surface area (Å²) in [5.74, 6) is -0.0585. The van der Waals surface area contributed by atoms with E-state index >= 15 is 0 Å². The van der Waals surface area contributed by atoms with E-state index < -0.39 is 29.4 Å². The summed E-state index contributed by atoms with van der Waals surface area (Å²) < 4.78 is 40.8. The lowest BCUT2D eigenvalue weighted by atomic mass is 9.88. The fraction of sp³-hybridized carbons (Fsp3) is 0.308. The summed E-state index contributed by atoms with van der Waals surface area (Å²) in [4.78, 5) is 24.7. The molecule has 0 saturated heterocycles. The summed E-state index contributed by atoms with van der Waals surface area (Å²) in [7, 11) is 0. The van der Waals surface area contributed by atoms with E-state index in [0.29, 0.717) is 47.4 Å². The molecular formula is C26H25F3N6O3. The van der Waals surface area contributed by atoms with Gasteiger partial charge in [0.25, 0.3) is 0 Å². The minimum absolute atomic E-state index is 0.0793. The average Bonchev–Trinajstić information content (AvgIpc) is 3.46. The number of nitrogens with zero attached hydrogens (tertiary/aromatic N) is 4. The van der Waals surface area contributed by atoms with Crippen LogP contribution in [0.5, 0.6) is 0 Å². The number of aliphatic hydroxyl groups excluding tert-OH is 1. The normalized spacial score (nSPS) is 20.5. The van der Waals surface area contributed by atoms with Crippen molar-refractivity contribution >= 4 is 23.1 Å². The van der Waals surface area contributed by atoms with Gasteiger partial charge in [-0.3, -0.25) is 9.20 Å². The second-order valence-electron chi connectivity index (χ2n) is 9.75. The standard InChI is InChI=1S/C26H25F3N6O3/c1-25(24(37)38)8-6-16(13-25)22-34-19(20-21(30)32-10-11-35(20)22)14-2-4-15(5-3-14)23(36)33-18-12-17(7-9-31-18)26(27,28)29/h2-5,7,9-12,16,23,36H,6,8,13H2,1H3,(H2,30,32)(H,31,33)(H,37,38)/t16-,23?,25+/m1/s1. The summed E-state index contributed by atoms with van der Waals surface area (Å²) in [6.07, 6.45) is 0.150. The predicted molar refractivity (Wildman–Crippen MR) is 133 cm³/mol. The van der Waals surface area contributed by atoms with Crippen LogP contribution in [-0.2, 0) is 11.0 Å². The van der Waals surface area contributed by atoms with E-state index in [1.165, 1.54) is 0 Å². The molecule has 9 nitrogen and oxygen atoms in total. The molecule has 3 heterocycles. The molecule has 3 atom stereocenters. The van der Waals surface area contributed by atoms with Crippen LogP contribution in [-0.4, -0.2) is 35.5 Å². The molecule has 3 aromatic heterocycles. The number of hydrogen-bond donors (Lipinski definition) is 4. The molecule has 0 radical (unpaired) electrons. The third-order valence-electron chi connectivity index (χ3n) is 7.11. The molecule has 0 spiro atoms. The maximum Gasteiger partial charge on any atom is 0.416 e. The van der Waals surface area contributed by atoms with E-state index in [0.717, 1.165) is 18.3 Å². The number of carbonyl (C=O) groups is 1. The van der Waals surface area contributed by atoms with Crippen LogP contribution in [0.3, 0.4) is 0 Å². The summed E-state index contributed by atoms with van der Waals surface area (Å²) in [5, 5.41) is 22.8. The van der Waals surface area contributed by atoms with E-state index in [1.807, 2.05) is 4.40 Å². The van der Waals surface area contributed by atoms with Crippen LogP contribution < -0.4 is 11.1 Å². The van der Waals surface area contributed by atoms with Crippen LogP contribution in [0.15, 0.2) is 55.0 Å². The molecule has 12 heteroatoms. The highest BCUT2D eigenvalue weighted by Gasteiger charge is 2.43.